The first-order chi connectivity index (χ1) is 8.19. The van der Waals surface area contributed by atoms with Gasteiger partial charge in [0.25, 0.3) is 0 Å². The molecule has 0 bridgehead atoms. The summed E-state index contributed by atoms with van der Waals surface area (Å²) in [6, 6.07) is 0. The van der Waals surface area contributed by atoms with E-state index in [9.17, 15) is 9.59 Å². The highest BCUT2D eigenvalue weighted by Gasteiger charge is 2.31. The van der Waals surface area contributed by atoms with E-state index >= 15 is 0 Å². The number of nitrogens with zero attached hydrogens (tertiary/aromatic N) is 1. The highest BCUT2D eigenvalue weighted by atomic mass is 16.6. The molecular weight excluding hydrogens is 236 g/mol. The Balaban J connectivity index is 2.59. The van der Waals surface area contributed by atoms with Crippen LogP contribution in [0, 0.1) is 5.92 Å². The van der Waals surface area contributed by atoms with E-state index < -0.39 is 24.0 Å². The maximum absolute atomic E-state index is 11.6. The van der Waals surface area contributed by atoms with Crippen molar-refractivity contribution >= 4 is 12.2 Å². The largest absolute Gasteiger partial charge is 0.465 e. The van der Waals surface area contributed by atoms with Gasteiger partial charge in [-0.05, 0) is 39.5 Å². The smallest absolute Gasteiger partial charge is 0.409 e. The van der Waals surface area contributed by atoms with Gasteiger partial charge < -0.3 is 15.2 Å². The predicted octanol–water partition coefficient (Wildman–Crippen LogP) is 2.25. The maximum Gasteiger partial charge on any atom is 0.409 e. The number of nitrogens with one attached hydrogen (secondary N) is 1. The van der Waals surface area contributed by atoms with Gasteiger partial charge in [-0.3, -0.25) is 4.90 Å². The molecule has 0 aromatic heterocycles. The first-order valence-electron chi connectivity index (χ1n) is 6.18. The first-order valence-corrected chi connectivity index (χ1v) is 6.18. The van der Waals surface area contributed by atoms with Crippen LogP contribution >= 0.6 is 0 Å². The van der Waals surface area contributed by atoms with Gasteiger partial charge in [-0.25, -0.2) is 9.59 Å². The third kappa shape index (κ3) is 4.43. The number of piperidine rings is 1. The Morgan fingerprint density at radius 1 is 1.33 bits per heavy atom. The van der Waals surface area contributed by atoms with E-state index in [1.54, 1.807) is 20.8 Å². The summed E-state index contributed by atoms with van der Waals surface area (Å²) in [5.74, 6) is 0.317. The number of ether oxygens (including phenoxy) is 1. The van der Waals surface area contributed by atoms with Crippen LogP contribution in [-0.2, 0) is 4.74 Å². The Bertz CT molecular complexity index is 325. The van der Waals surface area contributed by atoms with Crippen LogP contribution in [0.3, 0.4) is 0 Å². The second kappa shape index (κ2) is 5.46. The van der Waals surface area contributed by atoms with Gasteiger partial charge in [0.1, 0.15) is 11.8 Å². The first kappa shape index (κ1) is 14.6. The molecule has 1 heterocycles. The second-order valence-corrected chi connectivity index (χ2v) is 5.78. The standard InChI is InChI=1S/C12H22N2O4/c1-8-5-6-9(14(7-8)11(16)17)13-10(15)18-12(2,3)4/h8-9H,5-7H2,1-4H3,(H,13,15)(H,16,17). The number of alkyl carbamates (subject to hydrolysis) is 1. The number of carboxylic acid groups (broad SMARTS) is 1. The molecule has 18 heavy (non-hydrogen) atoms. The minimum absolute atomic E-state index is 0.317. The molecule has 6 heteroatoms. The van der Waals surface area contributed by atoms with E-state index in [4.69, 9.17) is 9.84 Å². The molecule has 0 aromatic rings. The molecule has 0 radical (unpaired) electrons. The van der Waals surface area contributed by atoms with Crippen molar-refractivity contribution in [2.24, 2.45) is 5.92 Å². The van der Waals surface area contributed by atoms with Crippen LogP contribution in [0.1, 0.15) is 40.5 Å². The maximum atomic E-state index is 11.6. The van der Waals surface area contributed by atoms with Gasteiger partial charge >= 0.3 is 12.2 Å². The summed E-state index contributed by atoms with van der Waals surface area (Å²) in [5.41, 5.74) is -0.583. The summed E-state index contributed by atoms with van der Waals surface area (Å²) in [4.78, 5) is 24.0. The molecule has 0 spiro atoms. The number of rotatable bonds is 1. The fraction of sp³-hybridized carbons (Fsp3) is 0.833. The molecule has 1 rings (SSSR count). The SMILES string of the molecule is CC1CCC(NC(=O)OC(C)(C)C)N(C(=O)O)C1. The van der Waals surface area contributed by atoms with Crippen LogP contribution in [0.25, 0.3) is 0 Å². The number of hydrogen-bond acceptors (Lipinski definition) is 3. The summed E-state index contributed by atoms with van der Waals surface area (Å²) in [6.45, 7) is 7.74. The summed E-state index contributed by atoms with van der Waals surface area (Å²) < 4.78 is 5.13. The van der Waals surface area contributed by atoms with Crippen molar-refractivity contribution in [2.75, 3.05) is 6.54 Å². The van der Waals surface area contributed by atoms with Crippen molar-refractivity contribution in [1.29, 1.82) is 0 Å². The topological polar surface area (TPSA) is 78.9 Å². The zero-order valence-electron chi connectivity index (χ0n) is 11.4. The lowest BCUT2D eigenvalue weighted by molar-refractivity contribution is 0.0336. The Hall–Kier alpha value is -1.46. The van der Waals surface area contributed by atoms with Gasteiger partial charge in [0.05, 0.1) is 0 Å². The lowest BCUT2D eigenvalue weighted by Crippen LogP contribution is -2.55. The molecule has 0 saturated carbocycles. The number of amides is 2. The Labute approximate surface area is 107 Å². The lowest BCUT2D eigenvalue weighted by atomic mass is 9.98. The fourth-order valence-electron chi connectivity index (χ4n) is 1.96. The Morgan fingerprint density at radius 2 is 1.94 bits per heavy atom. The summed E-state index contributed by atoms with van der Waals surface area (Å²) >= 11 is 0. The van der Waals surface area contributed by atoms with Crippen LogP contribution in [0.2, 0.25) is 0 Å². The van der Waals surface area contributed by atoms with E-state index in [1.807, 2.05) is 6.92 Å². The van der Waals surface area contributed by atoms with Crippen molar-refractivity contribution in [3.05, 3.63) is 0 Å². The predicted molar refractivity (Wildman–Crippen MR) is 66.3 cm³/mol. The third-order valence-corrected chi connectivity index (χ3v) is 2.75. The Kier molecular flexibility index (Phi) is 4.43. The molecule has 6 nitrogen and oxygen atoms in total. The van der Waals surface area contributed by atoms with E-state index in [1.165, 1.54) is 4.90 Å². The highest BCUT2D eigenvalue weighted by molar-refractivity contribution is 5.70. The molecule has 2 atom stereocenters. The van der Waals surface area contributed by atoms with Crippen LogP contribution in [0.5, 0.6) is 0 Å². The zero-order valence-corrected chi connectivity index (χ0v) is 11.4. The number of carbonyl (C=O) groups is 2. The molecule has 1 fully saturated rings. The van der Waals surface area contributed by atoms with Gasteiger partial charge in [-0.15, -0.1) is 0 Å². The van der Waals surface area contributed by atoms with Crippen molar-refractivity contribution < 1.29 is 19.4 Å². The summed E-state index contributed by atoms with van der Waals surface area (Å²) in [5, 5.41) is 11.7. The van der Waals surface area contributed by atoms with Gasteiger partial charge in [0.2, 0.25) is 0 Å². The average Bonchev–Trinajstić information content (AvgIpc) is 2.17. The molecule has 104 valence electrons. The van der Waals surface area contributed by atoms with Crippen LogP contribution in [0.15, 0.2) is 0 Å². The van der Waals surface area contributed by atoms with Gasteiger partial charge in [0.15, 0.2) is 0 Å². The van der Waals surface area contributed by atoms with E-state index in [0.717, 1.165) is 6.42 Å². The number of carbonyl (C=O) groups excluding carboxylic acids is 1. The molecule has 1 aliphatic heterocycles. The molecule has 2 amide bonds. The molecule has 2 unspecified atom stereocenters. The van der Waals surface area contributed by atoms with Crippen LogP contribution in [0.4, 0.5) is 9.59 Å². The molecule has 1 saturated heterocycles. The van der Waals surface area contributed by atoms with E-state index in [2.05, 4.69) is 5.32 Å². The zero-order chi connectivity index (χ0) is 13.9. The van der Waals surface area contributed by atoms with Crippen molar-refractivity contribution in [1.82, 2.24) is 10.2 Å². The van der Waals surface area contributed by atoms with Crippen molar-refractivity contribution in [3.63, 3.8) is 0 Å². The monoisotopic (exact) mass is 258 g/mol. The molecule has 2 N–H and O–H groups in total. The van der Waals surface area contributed by atoms with E-state index in [0.29, 0.717) is 18.9 Å². The van der Waals surface area contributed by atoms with Gasteiger partial charge in [-0.2, -0.15) is 0 Å². The second-order valence-electron chi connectivity index (χ2n) is 5.78. The summed E-state index contributed by atoms with van der Waals surface area (Å²) in [7, 11) is 0. The van der Waals surface area contributed by atoms with Crippen molar-refractivity contribution in [2.45, 2.75) is 52.3 Å². The van der Waals surface area contributed by atoms with E-state index in [-0.39, 0.29) is 0 Å². The molecule has 1 aliphatic rings. The highest BCUT2D eigenvalue weighted by Crippen LogP contribution is 2.20. The number of hydrogen-bond donors (Lipinski definition) is 2. The quantitative estimate of drug-likeness (QED) is 0.756. The molecule has 0 aromatic carbocycles. The average molecular weight is 258 g/mol. The number of likely N-dealkylation sites (tertiary alicyclic amines) is 1. The normalized spacial score (nSPS) is 24.6. The Morgan fingerprint density at radius 3 is 2.44 bits per heavy atom. The van der Waals surface area contributed by atoms with Crippen LogP contribution in [-0.4, -0.2) is 40.5 Å². The summed E-state index contributed by atoms with van der Waals surface area (Å²) in [6.07, 6.45) is -0.568. The van der Waals surface area contributed by atoms with Crippen molar-refractivity contribution in [3.8, 4) is 0 Å². The molecular formula is C12H22N2O4. The minimum Gasteiger partial charge on any atom is -0.465 e. The van der Waals surface area contributed by atoms with Gasteiger partial charge in [0, 0.05) is 6.54 Å². The minimum atomic E-state index is -1.01. The molecule has 0 aliphatic carbocycles. The lowest BCUT2D eigenvalue weighted by Gasteiger charge is -2.37. The van der Waals surface area contributed by atoms with Gasteiger partial charge in [-0.1, -0.05) is 6.92 Å². The third-order valence-electron chi connectivity index (χ3n) is 2.75. The fourth-order valence-corrected chi connectivity index (χ4v) is 1.96. The van der Waals surface area contributed by atoms with Crippen LogP contribution < -0.4 is 5.32 Å².